The van der Waals surface area contributed by atoms with Crippen molar-refractivity contribution < 1.29 is 14.7 Å². The van der Waals surface area contributed by atoms with E-state index < -0.39 is 5.97 Å². The average Bonchev–Trinajstić information content (AvgIpc) is 2.82. The highest BCUT2D eigenvalue weighted by Crippen LogP contribution is 2.25. The fraction of sp³-hybridized carbons (Fsp3) is 0.0769. The number of rotatable bonds is 3. The number of nitrogens with one attached hydrogen (secondary N) is 1. The second kappa shape index (κ2) is 4.89. The van der Waals surface area contributed by atoms with Crippen LogP contribution in [0.2, 0.25) is 0 Å². The highest BCUT2D eigenvalue weighted by molar-refractivity contribution is 9.10. The van der Waals surface area contributed by atoms with Crippen LogP contribution in [0.5, 0.6) is 0 Å². The number of carbonyl (C=O) groups is 2. The van der Waals surface area contributed by atoms with E-state index >= 15 is 0 Å². The molecule has 5 nitrogen and oxygen atoms in total. The summed E-state index contributed by atoms with van der Waals surface area (Å²) in [7, 11) is 0. The topological polar surface area (TPSA) is 96.2 Å². The molecule has 1 aromatic carbocycles. The molecule has 2 rings (SSSR count). The van der Waals surface area contributed by atoms with E-state index in [9.17, 15) is 9.59 Å². The quantitative estimate of drug-likeness (QED) is 0.597. The van der Waals surface area contributed by atoms with Crippen molar-refractivity contribution in [3.63, 3.8) is 0 Å². The minimum Gasteiger partial charge on any atom is -0.477 e. The number of nitrogen functional groups attached to an aromatic ring is 1. The molecule has 0 aliphatic heterocycles. The molecule has 0 spiro atoms. The number of aromatic carboxylic acids is 1. The van der Waals surface area contributed by atoms with Gasteiger partial charge in [0.25, 0.3) is 0 Å². The van der Waals surface area contributed by atoms with Crippen molar-refractivity contribution >= 4 is 33.4 Å². The van der Waals surface area contributed by atoms with Crippen LogP contribution in [0.25, 0.3) is 0 Å². The van der Waals surface area contributed by atoms with E-state index in [0.717, 1.165) is 0 Å². The zero-order chi connectivity index (χ0) is 14.2. The monoisotopic (exact) mass is 322 g/mol. The Morgan fingerprint density at radius 3 is 2.58 bits per heavy atom. The van der Waals surface area contributed by atoms with Crippen molar-refractivity contribution in [1.82, 2.24) is 4.98 Å². The molecule has 1 aromatic heterocycles. The molecule has 0 aliphatic carbocycles. The largest absolute Gasteiger partial charge is 0.477 e. The first kappa shape index (κ1) is 13.4. The first-order chi connectivity index (χ1) is 8.90. The average molecular weight is 323 g/mol. The van der Waals surface area contributed by atoms with Crippen molar-refractivity contribution in [2.75, 3.05) is 5.73 Å². The van der Waals surface area contributed by atoms with Gasteiger partial charge in [-0.05, 0) is 30.7 Å². The molecule has 0 atom stereocenters. The van der Waals surface area contributed by atoms with Crippen molar-refractivity contribution in [2.24, 2.45) is 0 Å². The number of hydrogen-bond acceptors (Lipinski definition) is 3. The Hall–Kier alpha value is -2.08. The summed E-state index contributed by atoms with van der Waals surface area (Å²) in [6.45, 7) is 1.75. The number of hydrogen-bond donors (Lipinski definition) is 3. The van der Waals surface area contributed by atoms with Crippen LogP contribution in [-0.2, 0) is 0 Å². The highest BCUT2D eigenvalue weighted by atomic mass is 79.9. The van der Waals surface area contributed by atoms with Gasteiger partial charge in [0.15, 0.2) is 5.78 Å². The van der Waals surface area contributed by atoms with Gasteiger partial charge in [0.1, 0.15) is 5.69 Å². The molecule has 0 radical (unpaired) electrons. The Bertz CT molecular complexity index is 677. The van der Waals surface area contributed by atoms with Crippen LogP contribution in [0.4, 0.5) is 5.69 Å². The number of ketones is 1. The Labute approximate surface area is 117 Å². The Balaban J connectivity index is 2.46. The van der Waals surface area contributed by atoms with Crippen LogP contribution in [0.15, 0.2) is 28.9 Å². The van der Waals surface area contributed by atoms with E-state index in [1.807, 2.05) is 0 Å². The molecule has 0 bridgehead atoms. The van der Waals surface area contributed by atoms with E-state index in [4.69, 9.17) is 10.8 Å². The summed E-state index contributed by atoms with van der Waals surface area (Å²) >= 11 is 3.28. The van der Waals surface area contributed by atoms with Crippen molar-refractivity contribution in [1.29, 1.82) is 0 Å². The zero-order valence-corrected chi connectivity index (χ0v) is 11.6. The minimum atomic E-state index is -1.11. The lowest BCUT2D eigenvalue weighted by Gasteiger charge is -2.07. The van der Waals surface area contributed by atoms with E-state index in [2.05, 4.69) is 20.9 Å². The van der Waals surface area contributed by atoms with E-state index in [1.165, 1.54) is 12.3 Å². The molecule has 0 fully saturated rings. The van der Waals surface area contributed by atoms with Gasteiger partial charge in [-0.2, -0.15) is 0 Å². The first-order valence-corrected chi connectivity index (χ1v) is 6.21. The van der Waals surface area contributed by atoms with Crippen LogP contribution in [0.3, 0.4) is 0 Å². The maximum atomic E-state index is 12.3. The summed E-state index contributed by atoms with van der Waals surface area (Å²) in [6.07, 6.45) is 1.38. The summed E-state index contributed by atoms with van der Waals surface area (Å²) in [5, 5.41) is 8.82. The van der Waals surface area contributed by atoms with E-state index in [-0.39, 0.29) is 17.0 Å². The first-order valence-electron chi connectivity index (χ1n) is 5.42. The predicted molar refractivity (Wildman–Crippen MR) is 74.5 cm³/mol. The number of H-pyrrole nitrogens is 1. The third-order valence-electron chi connectivity index (χ3n) is 2.83. The summed E-state index contributed by atoms with van der Waals surface area (Å²) in [5.41, 5.74) is 7.70. The molecular weight excluding hydrogens is 312 g/mol. The van der Waals surface area contributed by atoms with Gasteiger partial charge < -0.3 is 15.8 Å². The molecule has 0 saturated heterocycles. The van der Waals surface area contributed by atoms with Crippen LogP contribution < -0.4 is 5.73 Å². The molecule has 0 amide bonds. The lowest BCUT2D eigenvalue weighted by Crippen LogP contribution is -2.05. The van der Waals surface area contributed by atoms with Crippen LogP contribution >= 0.6 is 15.9 Å². The molecule has 4 N–H and O–H groups in total. The lowest BCUT2D eigenvalue weighted by atomic mass is 9.99. The Morgan fingerprint density at radius 1 is 1.32 bits per heavy atom. The van der Waals surface area contributed by atoms with Gasteiger partial charge in [-0.3, -0.25) is 4.79 Å². The van der Waals surface area contributed by atoms with Gasteiger partial charge in [0, 0.05) is 27.5 Å². The van der Waals surface area contributed by atoms with E-state index in [1.54, 1.807) is 19.1 Å². The predicted octanol–water partition coefficient (Wildman–Crippen LogP) is 2.60. The summed E-state index contributed by atoms with van der Waals surface area (Å²) in [4.78, 5) is 25.6. The second-order valence-electron chi connectivity index (χ2n) is 4.10. The van der Waals surface area contributed by atoms with Crippen LogP contribution in [-0.4, -0.2) is 21.8 Å². The number of carboxylic acid groups (broad SMARTS) is 1. The number of halogens is 1. The Kier molecular flexibility index (Phi) is 3.44. The third-order valence-corrected chi connectivity index (χ3v) is 3.29. The van der Waals surface area contributed by atoms with Crippen molar-refractivity contribution in [2.45, 2.75) is 6.92 Å². The standard InChI is InChI=1S/C13H11BrN2O3/c1-6-9(3-8(14)4-10(6)15)12(17)7-2-11(13(18)19)16-5-7/h2-5,16H,15H2,1H3,(H,18,19). The van der Waals surface area contributed by atoms with Gasteiger partial charge >= 0.3 is 5.97 Å². The van der Waals surface area contributed by atoms with Gasteiger partial charge in [-0.1, -0.05) is 15.9 Å². The molecular formula is C13H11BrN2O3. The maximum Gasteiger partial charge on any atom is 0.352 e. The molecule has 0 unspecified atom stereocenters. The number of nitrogens with two attached hydrogens (primary N) is 1. The summed E-state index contributed by atoms with van der Waals surface area (Å²) in [6, 6.07) is 4.69. The van der Waals surface area contributed by atoms with Gasteiger partial charge in [0.2, 0.25) is 0 Å². The van der Waals surface area contributed by atoms with E-state index in [0.29, 0.717) is 21.3 Å². The van der Waals surface area contributed by atoms with Crippen molar-refractivity contribution in [3.8, 4) is 0 Å². The second-order valence-corrected chi connectivity index (χ2v) is 5.02. The number of carbonyl (C=O) groups excluding carboxylic acids is 1. The number of anilines is 1. The number of benzene rings is 1. The molecule has 1 heterocycles. The summed E-state index contributed by atoms with van der Waals surface area (Å²) < 4.78 is 0.702. The molecule has 98 valence electrons. The number of aromatic nitrogens is 1. The fourth-order valence-corrected chi connectivity index (χ4v) is 2.22. The fourth-order valence-electron chi connectivity index (χ4n) is 1.74. The van der Waals surface area contributed by atoms with Gasteiger partial charge in [0.05, 0.1) is 0 Å². The normalized spacial score (nSPS) is 10.4. The SMILES string of the molecule is Cc1c(N)cc(Br)cc1C(=O)c1c[nH]c(C(=O)O)c1. The Morgan fingerprint density at radius 2 is 2.00 bits per heavy atom. The smallest absolute Gasteiger partial charge is 0.352 e. The molecule has 0 saturated carbocycles. The molecule has 2 aromatic rings. The zero-order valence-electron chi connectivity index (χ0n) is 10.0. The van der Waals surface area contributed by atoms with Gasteiger partial charge in [-0.15, -0.1) is 0 Å². The highest BCUT2D eigenvalue weighted by Gasteiger charge is 2.17. The van der Waals surface area contributed by atoms with Crippen LogP contribution in [0, 0.1) is 6.92 Å². The molecule has 0 aliphatic rings. The third kappa shape index (κ3) is 2.53. The minimum absolute atomic E-state index is 0.0241. The van der Waals surface area contributed by atoms with Crippen molar-refractivity contribution in [3.05, 3.63) is 51.3 Å². The van der Waals surface area contributed by atoms with Crippen LogP contribution in [0.1, 0.15) is 32.0 Å². The number of carboxylic acids is 1. The molecule has 6 heteroatoms. The maximum absolute atomic E-state index is 12.3. The molecule has 19 heavy (non-hydrogen) atoms. The van der Waals surface area contributed by atoms with Gasteiger partial charge in [-0.25, -0.2) is 4.79 Å². The summed E-state index contributed by atoms with van der Waals surface area (Å²) in [5.74, 6) is -1.38. The lowest BCUT2D eigenvalue weighted by molar-refractivity contribution is 0.0691. The number of aromatic amines is 1.